The number of carbonyl (C=O) groups is 1. The Bertz CT molecular complexity index is 1670. The zero-order chi connectivity index (χ0) is 29.4. The molecule has 0 saturated carbocycles. The lowest BCUT2D eigenvalue weighted by Crippen LogP contribution is -2.43. The second kappa shape index (κ2) is 13.5. The maximum atomic E-state index is 13.8. The molecule has 0 aliphatic carbocycles. The number of para-hydroxylation sites is 1. The van der Waals surface area contributed by atoms with E-state index >= 15 is 0 Å². The molecule has 1 amide bonds. The van der Waals surface area contributed by atoms with Crippen LogP contribution in [0.4, 0.5) is 4.39 Å². The Morgan fingerprint density at radius 2 is 1.63 bits per heavy atom. The highest BCUT2D eigenvalue weighted by atomic mass is 32.2. The van der Waals surface area contributed by atoms with Crippen LogP contribution in [-0.2, 0) is 27.9 Å². The molecule has 4 rings (SSSR count). The molecule has 0 aliphatic rings. The van der Waals surface area contributed by atoms with Crippen LogP contribution in [0.25, 0.3) is 17.0 Å². The van der Waals surface area contributed by atoms with Crippen LogP contribution < -0.4 is 5.43 Å². The minimum atomic E-state index is -3.96. The molecule has 4 aromatic rings. The van der Waals surface area contributed by atoms with Gasteiger partial charge in [0.05, 0.1) is 30.3 Å². The van der Waals surface area contributed by atoms with Crippen LogP contribution in [0.1, 0.15) is 37.0 Å². The molecular weight excluding hydrogens is 543 g/mol. The van der Waals surface area contributed by atoms with Crippen molar-refractivity contribution in [2.75, 3.05) is 13.1 Å². The summed E-state index contributed by atoms with van der Waals surface area (Å²) in [6.45, 7) is 3.62. The summed E-state index contributed by atoms with van der Waals surface area (Å²) < 4.78 is 47.2. The third-order valence-electron chi connectivity index (χ3n) is 6.61. The maximum absolute atomic E-state index is 13.8. The molecule has 0 saturated heterocycles. The molecule has 1 aromatic heterocycles. The fraction of sp³-hybridized carbons (Fsp3) is 0.250. The Morgan fingerprint density at radius 3 is 2.34 bits per heavy atom. The van der Waals surface area contributed by atoms with Gasteiger partial charge in [0.15, 0.2) is 5.43 Å². The number of hydrogen-bond donors (Lipinski definition) is 0. The molecule has 0 unspecified atom stereocenters. The van der Waals surface area contributed by atoms with Crippen molar-refractivity contribution >= 4 is 33.0 Å². The molecular formula is C32H33FN2O5S. The molecule has 1 heterocycles. The van der Waals surface area contributed by atoms with E-state index in [4.69, 9.17) is 4.42 Å². The molecule has 0 aliphatic heterocycles. The molecule has 0 atom stereocenters. The number of rotatable bonds is 12. The van der Waals surface area contributed by atoms with Gasteiger partial charge in [-0.05, 0) is 53.8 Å². The van der Waals surface area contributed by atoms with Crippen molar-refractivity contribution in [1.29, 1.82) is 0 Å². The minimum Gasteiger partial charge on any atom is -0.464 e. The first-order valence-electron chi connectivity index (χ1n) is 13.4. The molecule has 0 radical (unpaired) electrons. The first kappa shape index (κ1) is 29.9. The van der Waals surface area contributed by atoms with Crippen LogP contribution >= 0.6 is 0 Å². The molecule has 0 fully saturated rings. The van der Waals surface area contributed by atoms with E-state index in [9.17, 15) is 22.4 Å². The van der Waals surface area contributed by atoms with Crippen molar-refractivity contribution < 1.29 is 22.0 Å². The van der Waals surface area contributed by atoms with E-state index in [0.717, 1.165) is 9.71 Å². The number of benzene rings is 3. The van der Waals surface area contributed by atoms with Gasteiger partial charge in [0.25, 0.3) is 0 Å². The van der Waals surface area contributed by atoms with Crippen molar-refractivity contribution in [3.8, 4) is 0 Å². The van der Waals surface area contributed by atoms with Gasteiger partial charge in [0.2, 0.25) is 15.9 Å². The molecule has 7 nitrogen and oxygen atoms in total. The van der Waals surface area contributed by atoms with Gasteiger partial charge < -0.3 is 9.32 Å². The van der Waals surface area contributed by atoms with Gasteiger partial charge in [-0.3, -0.25) is 9.59 Å². The number of sulfonamides is 1. The highest BCUT2D eigenvalue weighted by Crippen LogP contribution is 2.17. The van der Waals surface area contributed by atoms with Crippen molar-refractivity contribution in [2.45, 2.75) is 33.4 Å². The minimum absolute atomic E-state index is 0.0449. The monoisotopic (exact) mass is 576 g/mol. The lowest BCUT2D eigenvalue weighted by atomic mass is 10.1. The van der Waals surface area contributed by atoms with Crippen LogP contribution in [0.5, 0.6) is 0 Å². The second-order valence-electron chi connectivity index (χ2n) is 10.2. The van der Waals surface area contributed by atoms with Crippen molar-refractivity contribution in [1.82, 2.24) is 9.21 Å². The topological polar surface area (TPSA) is 87.9 Å². The number of fused-ring (bicyclic) bond motifs is 1. The van der Waals surface area contributed by atoms with E-state index in [1.807, 2.05) is 32.0 Å². The number of halogens is 1. The summed E-state index contributed by atoms with van der Waals surface area (Å²) in [5.74, 6) is -0.710. The Balaban J connectivity index is 1.64. The largest absolute Gasteiger partial charge is 0.464 e. The molecule has 0 spiro atoms. The Hall–Kier alpha value is -4.08. The standard InChI is InChI=1S/C32H33FN2O5S/c1-24(2)16-18-35(41(38,39)19-17-25-8-4-3-5-9-25)22-31(36)34(20-26-12-14-28(33)15-13-26)21-27-23-40-30-11-7-6-10-29(30)32(27)37/h3-15,17,19,23-24H,16,18,20-22H2,1-2H3/b19-17+. The van der Waals surface area contributed by atoms with Gasteiger partial charge in [-0.25, -0.2) is 12.8 Å². The van der Waals surface area contributed by atoms with Gasteiger partial charge in [0, 0.05) is 18.5 Å². The molecule has 214 valence electrons. The molecule has 41 heavy (non-hydrogen) atoms. The van der Waals surface area contributed by atoms with Crippen LogP contribution in [0.2, 0.25) is 0 Å². The van der Waals surface area contributed by atoms with Gasteiger partial charge in [-0.1, -0.05) is 68.4 Å². The van der Waals surface area contributed by atoms with Gasteiger partial charge in [-0.2, -0.15) is 4.31 Å². The Morgan fingerprint density at radius 1 is 0.951 bits per heavy atom. The number of carbonyl (C=O) groups excluding carboxylic acids is 1. The van der Waals surface area contributed by atoms with Gasteiger partial charge >= 0.3 is 0 Å². The number of hydrogen-bond acceptors (Lipinski definition) is 5. The van der Waals surface area contributed by atoms with E-state index in [2.05, 4.69) is 0 Å². The predicted octanol–water partition coefficient (Wildman–Crippen LogP) is 5.81. The van der Waals surface area contributed by atoms with E-state index in [0.29, 0.717) is 28.5 Å². The Kier molecular flexibility index (Phi) is 9.86. The highest BCUT2D eigenvalue weighted by Gasteiger charge is 2.26. The van der Waals surface area contributed by atoms with Crippen LogP contribution in [0.3, 0.4) is 0 Å². The summed E-state index contributed by atoms with van der Waals surface area (Å²) >= 11 is 0. The normalized spacial score (nSPS) is 12.0. The second-order valence-corrected chi connectivity index (χ2v) is 12.1. The van der Waals surface area contributed by atoms with E-state index < -0.39 is 28.3 Å². The zero-order valence-corrected chi connectivity index (χ0v) is 23.9. The number of nitrogens with zero attached hydrogens (tertiary/aromatic N) is 2. The third-order valence-corrected chi connectivity index (χ3v) is 8.12. The molecule has 0 N–H and O–H groups in total. The van der Waals surface area contributed by atoms with E-state index in [1.54, 1.807) is 48.5 Å². The van der Waals surface area contributed by atoms with Gasteiger partial charge in [0.1, 0.15) is 11.4 Å². The lowest BCUT2D eigenvalue weighted by molar-refractivity contribution is -0.132. The third kappa shape index (κ3) is 8.22. The van der Waals surface area contributed by atoms with Crippen LogP contribution in [0.15, 0.2) is 99.7 Å². The maximum Gasteiger partial charge on any atom is 0.238 e. The van der Waals surface area contributed by atoms with Crippen molar-refractivity contribution in [3.63, 3.8) is 0 Å². The molecule has 0 bridgehead atoms. The van der Waals surface area contributed by atoms with E-state index in [-0.39, 0.29) is 36.5 Å². The fourth-order valence-corrected chi connectivity index (χ4v) is 5.39. The number of amides is 1. The average molecular weight is 577 g/mol. The SMILES string of the molecule is CC(C)CCN(CC(=O)N(Cc1ccc(F)cc1)Cc1coc2ccccc2c1=O)S(=O)(=O)/C=C/c1ccccc1. The summed E-state index contributed by atoms with van der Waals surface area (Å²) in [7, 11) is -3.96. The Labute approximate surface area is 239 Å². The predicted molar refractivity (Wildman–Crippen MR) is 159 cm³/mol. The summed E-state index contributed by atoms with van der Waals surface area (Å²) in [6.07, 6.45) is 3.38. The summed E-state index contributed by atoms with van der Waals surface area (Å²) in [5.41, 5.74) is 1.74. The molecule has 9 heteroatoms. The summed E-state index contributed by atoms with van der Waals surface area (Å²) in [6, 6.07) is 21.5. The van der Waals surface area contributed by atoms with E-state index in [1.165, 1.54) is 29.4 Å². The lowest BCUT2D eigenvalue weighted by Gasteiger charge is -2.27. The first-order chi connectivity index (χ1) is 19.6. The van der Waals surface area contributed by atoms with Crippen LogP contribution in [0, 0.1) is 11.7 Å². The highest BCUT2D eigenvalue weighted by molar-refractivity contribution is 7.92. The summed E-state index contributed by atoms with van der Waals surface area (Å²) in [4.78, 5) is 28.4. The fourth-order valence-electron chi connectivity index (χ4n) is 4.24. The van der Waals surface area contributed by atoms with Gasteiger partial charge in [-0.15, -0.1) is 0 Å². The quantitative estimate of drug-likeness (QED) is 0.212. The average Bonchev–Trinajstić information content (AvgIpc) is 2.96. The summed E-state index contributed by atoms with van der Waals surface area (Å²) in [5, 5.41) is 1.49. The molecule has 3 aromatic carbocycles. The van der Waals surface area contributed by atoms with Crippen LogP contribution in [-0.4, -0.2) is 36.6 Å². The van der Waals surface area contributed by atoms with Crippen molar-refractivity contribution in [3.05, 3.63) is 123 Å². The zero-order valence-electron chi connectivity index (χ0n) is 23.1. The first-order valence-corrected chi connectivity index (χ1v) is 14.9. The van der Waals surface area contributed by atoms with Crippen molar-refractivity contribution in [2.24, 2.45) is 5.92 Å². The smallest absolute Gasteiger partial charge is 0.238 e.